The molecule has 0 atom stereocenters. The summed E-state index contributed by atoms with van der Waals surface area (Å²) >= 11 is 0. The second-order valence-corrected chi connectivity index (χ2v) is 5.71. The summed E-state index contributed by atoms with van der Waals surface area (Å²) < 4.78 is 19.0. The number of carbonyl (C=O) groups is 1. The second-order valence-electron chi connectivity index (χ2n) is 5.71. The predicted molar refractivity (Wildman–Crippen MR) is 101 cm³/mol. The zero-order chi connectivity index (χ0) is 18.9. The molecule has 6 heteroatoms. The Morgan fingerprint density at radius 1 is 1.31 bits per heavy atom. The average Bonchev–Trinajstić information content (AvgIpc) is 2.61. The van der Waals surface area contributed by atoms with Crippen molar-refractivity contribution in [3.05, 3.63) is 47.4 Å². The van der Waals surface area contributed by atoms with Crippen molar-refractivity contribution in [2.24, 2.45) is 0 Å². The summed E-state index contributed by atoms with van der Waals surface area (Å²) in [6.45, 7) is 4.08. The van der Waals surface area contributed by atoms with E-state index in [0.717, 1.165) is 12.8 Å². The molecule has 0 bridgehead atoms. The van der Waals surface area contributed by atoms with E-state index >= 15 is 0 Å². The number of ether oxygens (including phenoxy) is 1. The van der Waals surface area contributed by atoms with Crippen molar-refractivity contribution < 1.29 is 13.9 Å². The normalized spacial score (nSPS) is 9.96. The van der Waals surface area contributed by atoms with Crippen LogP contribution >= 0.6 is 0 Å². The molecule has 26 heavy (non-hydrogen) atoms. The number of nitrogen functional groups attached to an aromatic ring is 1. The lowest BCUT2D eigenvalue weighted by molar-refractivity contribution is 0.102. The summed E-state index contributed by atoms with van der Waals surface area (Å²) in [5, 5.41) is 2.72. The van der Waals surface area contributed by atoms with Gasteiger partial charge in [-0.3, -0.25) is 4.79 Å². The Hall–Kier alpha value is -3.07. The van der Waals surface area contributed by atoms with Crippen LogP contribution in [0.2, 0.25) is 0 Å². The van der Waals surface area contributed by atoms with Crippen LogP contribution in [0.3, 0.4) is 0 Å². The second kappa shape index (κ2) is 9.42. The fraction of sp³-hybridized carbons (Fsp3) is 0.300. The lowest BCUT2D eigenvalue weighted by atomic mass is 10.1. The minimum Gasteiger partial charge on any atom is -0.493 e. The fourth-order valence-electron chi connectivity index (χ4n) is 2.17. The van der Waals surface area contributed by atoms with Gasteiger partial charge in [0.15, 0.2) is 0 Å². The van der Waals surface area contributed by atoms with Gasteiger partial charge in [0.25, 0.3) is 5.91 Å². The van der Waals surface area contributed by atoms with E-state index in [0.29, 0.717) is 24.5 Å². The average molecular weight is 355 g/mol. The number of pyridine rings is 1. The molecule has 0 saturated heterocycles. The van der Waals surface area contributed by atoms with Gasteiger partial charge in [-0.15, -0.1) is 5.92 Å². The van der Waals surface area contributed by atoms with Gasteiger partial charge in [0.2, 0.25) is 5.95 Å². The highest BCUT2D eigenvalue weighted by Crippen LogP contribution is 2.20. The van der Waals surface area contributed by atoms with Gasteiger partial charge in [0, 0.05) is 30.2 Å². The van der Waals surface area contributed by atoms with Crippen LogP contribution in [0.15, 0.2) is 30.3 Å². The van der Waals surface area contributed by atoms with E-state index in [-0.39, 0.29) is 16.9 Å². The SMILES string of the molecule is CCCC#CCCOc1cccc(NC(=O)c2cc(C)c(F)nc2N)c1. The van der Waals surface area contributed by atoms with E-state index in [1.54, 1.807) is 24.3 Å². The van der Waals surface area contributed by atoms with Crippen LogP contribution in [0.4, 0.5) is 15.9 Å². The molecule has 0 aliphatic heterocycles. The predicted octanol–water partition coefficient (Wildman–Crippen LogP) is 3.94. The number of nitrogens with zero attached hydrogens (tertiary/aromatic N) is 1. The topological polar surface area (TPSA) is 77.2 Å². The molecule has 136 valence electrons. The molecule has 2 rings (SSSR count). The van der Waals surface area contributed by atoms with Crippen molar-refractivity contribution in [1.29, 1.82) is 0 Å². The first-order chi connectivity index (χ1) is 12.5. The van der Waals surface area contributed by atoms with Crippen LogP contribution in [0.25, 0.3) is 0 Å². The number of halogens is 1. The lowest BCUT2D eigenvalue weighted by Crippen LogP contribution is -2.16. The third-order valence-electron chi connectivity index (χ3n) is 3.51. The maximum atomic E-state index is 13.4. The molecule has 1 heterocycles. The number of benzene rings is 1. The van der Waals surface area contributed by atoms with Gasteiger partial charge in [0.1, 0.15) is 11.6 Å². The largest absolute Gasteiger partial charge is 0.493 e. The molecular formula is C20H22FN3O2. The van der Waals surface area contributed by atoms with Gasteiger partial charge in [-0.05, 0) is 31.5 Å². The van der Waals surface area contributed by atoms with Crippen molar-refractivity contribution >= 4 is 17.4 Å². The smallest absolute Gasteiger partial charge is 0.259 e. The molecule has 1 aromatic carbocycles. The summed E-state index contributed by atoms with van der Waals surface area (Å²) in [5.74, 6) is 5.44. The minimum atomic E-state index is -0.684. The van der Waals surface area contributed by atoms with Crippen LogP contribution in [0, 0.1) is 24.7 Å². The first-order valence-electron chi connectivity index (χ1n) is 8.43. The number of hydrogen-bond donors (Lipinski definition) is 2. The zero-order valence-electron chi connectivity index (χ0n) is 14.9. The molecule has 1 amide bonds. The highest BCUT2D eigenvalue weighted by atomic mass is 19.1. The Kier molecular flexibility index (Phi) is 6.98. The van der Waals surface area contributed by atoms with Crippen LogP contribution in [0.1, 0.15) is 42.1 Å². The summed E-state index contributed by atoms with van der Waals surface area (Å²) in [5.41, 5.74) is 6.57. The number of aromatic nitrogens is 1. The van der Waals surface area contributed by atoms with E-state index in [2.05, 4.69) is 29.1 Å². The van der Waals surface area contributed by atoms with Crippen molar-refractivity contribution in [3.63, 3.8) is 0 Å². The van der Waals surface area contributed by atoms with Crippen LogP contribution < -0.4 is 15.8 Å². The van der Waals surface area contributed by atoms with Gasteiger partial charge in [-0.2, -0.15) is 4.39 Å². The Balaban J connectivity index is 1.99. The molecular weight excluding hydrogens is 333 g/mol. The number of nitrogens with two attached hydrogens (primary N) is 1. The maximum Gasteiger partial charge on any atom is 0.259 e. The van der Waals surface area contributed by atoms with Crippen molar-refractivity contribution in [2.75, 3.05) is 17.7 Å². The molecule has 0 saturated carbocycles. The molecule has 0 fully saturated rings. The number of rotatable bonds is 6. The van der Waals surface area contributed by atoms with Gasteiger partial charge in [-0.25, -0.2) is 4.98 Å². The third-order valence-corrected chi connectivity index (χ3v) is 3.51. The summed E-state index contributed by atoms with van der Waals surface area (Å²) in [7, 11) is 0. The molecule has 0 aliphatic carbocycles. The Labute approximate surface area is 152 Å². The minimum absolute atomic E-state index is 0.126. The summed E-state index contributed by atoms with van der Waals surface area (Å²) in [6, 6.07) is 8.38. The number of carbonyl (C=O) groups excluding carboxylic acids is 1. The Bertz CT molecular complexity index is 841. The molecule has 2 aromatic rings. The molecule has 0 unspecified atom stereocenters. The monoisotopic (exact) mass is 355 g/mol. The number of anilines is 2. The van der Waals surface area contributed by atoms with Crippen molar-refractivity contribution in [2.45, 2.75) is 33.1 Å². The Morgan fingerprint density at radius 3 is 2.85 bits per heavy atom. The fourth-order valence-corrected chi connectivity index (χ4v) is 2.17. The molecule has 0 spiro atoms. The Morgan fingerprint density at radius 2 is 2.08 bits per heavy atom. The summed E-state index contributed by atoms with van der Waals surface area (Å²) in [4.78, 5) is 15.9. The molecule has 1 aromatic heterocycles. The molecule has 0 aliphatic rings. The number of aryl methyl sites for hydroxylation is 1. The van der Waals surface area contributed by atoms with E-state index < -0.39 is 11.9 Å². The highest BCUT2D eigenvalue weighted by molar-refractivity contribution is 6.07. The van der Waals surface area contributed by atoms with Crippen molar-refractivity contribution in [1.82, 2.24) is 4.98 Å². The number of hydrogen-bond acceptors (Lipinski definition) is 4. The zero-order valence-corrected chi connectivity index (χ0v) is 14.9. The first-order valence-corrected chi connectivity index (χ1v) is 8.43. The van der Waals surface area contributed by atoms with Crippen molar-refractivity contribution in [3.8, 4) is 17.6 Å². The van der Waals surface area contributed by atoms with Crippen LogP contribution in [-0.4, -0.2) is 17.5 Å². The number of amides is 1. The van der Waals surface area contributed by atoms with Gasteiger partial charge >= 0.3 is 0 Å². The number of unbranched alkanes of at least 4 members (excludes halogenated alkanes) is 1. The highest BCUT2D eigenvalue weighted by Gasteiger charge is 2.14. The molecule has 0 radical (unpaired) electrons. The quantitative estimate of drug-likeness (QED) is 0.467. The molecule has 3 N–H and O–H groups in total. The van der Waals surface area contributed by atoms with E-state index in [1.165, 1.54) is 13.0 Å². The van der Waals surface area contributed by atoms with Gasteiger partial charge in [-0.1, -0.05) is 18.9 Å². The standard InChI is InChI=1S/C20H22FN3O2/c1-3-4-5-6-7-11-26-16-10-8-9-15(13-16)23-20(25)17-12-14(2)18(21)24-19(17)22/h8-10,12-13H,3-4,7,11H2,1-2H3,(H2,22,24)(H,23,25). The third kappa shape index (κ3) is 5.49. The lowest BCUT2D eigenvalue weighted by Gasteiger charge is -2.10. The van der Waals surface area contributed by atoms with Gasteiger partial charge < -0.3 is 15.8 Å². The van der Waals surface area contributed by atoms with Crippen LogP contribution in [0.5, 0.6) is 5.75 Å². The van der Waals surface area contributed by atoms with Crippen LogP contribution in [-0.2, 0) is 0 Å². The van der Waals surface area contributed by atoms with Gasteiger partial charge in [0.05, 0.1) is 12.2 Å². The van der Waals surface area contributed by atoms with E-state index in [1.807, 2.05) is 0 Å². The number of nitrogens with one attached hydrogen (secondary N) is 1. The van der Waals surface area contributed by atoms with E-state index in [9.17, 15) is 9.18 Å². The maximum absolute atomic E-state index is 13.4. The molecule has 5 nitrogen and oxygen atoms in total. The summed E-state index contributed by atoms with van der Waals surface area (Å²) in [6.07, 6.45) is 2.58. The first kappa shape index (κ1) is 19.3. The van der Waals surface area contributed by atoms with E-state index in [4.69, 9.17) is 10.5 Å².